The Bertz CT molecular complexity index is 2170. The lowest BCUT2D eigenvalue weighted by molar-refractivity contribution is -0.689. The number of hydrogen-bond acceptors (Lipinski definition) is 16. The number of amides is 2. The van der Waals surface area contributed by atoms with Gasteiger partial charge < -0.3 is 47.7 Å². The van der Waals surface area contributed by atoms with E-state index in [9.17, 15) is 19.5 Å². The molecule has 2 fully saturated rings. The molecule has 0 saturated carbocycles. The Hall–Kier alpha value is -5.90. The van der Waals surface area contributed by atoms with Crippen LogP contribution in [0.5, 0.6) is 0 Å². The number of aliphatic carboxylic acids is 1. The summed E-state index contributed by atoms with van der Waals surface area (Å²) in [6, 6.07) is 8.88. The second kappa shape index (κ2) is 18.1. The molecule has 0 aliphatic carbocycles. The number of carbonyl (C=O) groups is 3. The van der Waals surface area contributed by atoms with Crippen molar-refractivity contribution in [2.24, 2.45) is 15.9 Å². The number of nitrogen functional groups attached to an aromatic ring is 1. The quantitative estimate of drug-likeness (QED) is 0.0255. The maximum atomic E-state index is 13.7. The first kappa shape index (κ1) is 41.7. The number of amidine groups is 1. The first-order chi connectivity index (χ1) is 27.8. The second-order valence-corrected chi connectivity index (χ2v) is 16.0. The normalized spacial score (nSPS) is 19.8. The molecule has 5 heterocycles. The highest BCUT2D eigenvalue weighted by molar-refractivity contribution is 8.00. The minimum atomic E-state index is -1.77. The summed E-state index contributed by atoms with van der Waals surface area (Å²) in [5.41, 5.74) is 14.0. The summed E-state index contributed by atoms with van der Waals surface area (Å²) >= 11 is 2.40. The number of carbonyl (C=O) groups excluding carboxylic acids is 2. The largest absolute Gasteiger partial charge is 0.478 e. The highest BCUT2D eigenvalue weighted by atomic mass is 32.2. The standard InChI is InChI=1S/C37H44N12O7S2/c1-37(2,35(52)53)56-47-27(26-19-58-36(41)45-26)32(50)46-28-33(51)49-29(31(40)55-54-3)23(18-57-34(28)49)17-48-12-10-25(22(13-38)16-48)43-14-20-6-8-21(9-7-20)30(39)44-24-5-4-11-42-15-24/h6-10,12-13,16,19,24,28,34,38,40,42H,4-5,11,14-15,17-18H2,1-3H3,(H6,39,41,44,45,46,50,52,53)/p+1/b38-13?,40-31?,47-27-/t24-,28-,34-/m1/s1. The Kier molecular flexibility index (Phi) is 13.0. The number of thioether (sulfide) groups is 1. The molecule has 10 N–H and O–H groups in total. The Labute approximate surface area is 341 Å². The van der Waals surface area contributed by atoms with E-state index in [2.05, 4.69) is 31.1 Å². The molecule has 0 radical (unpaired) electrons. The van der Waals surface area contributed by atoms with Crippen molar-refractivity contribution in [1.82, 2.24) is 20.5 Å². The van der Waals surface area contributed by atoms with E-state index < -0.39 is 40.7 Å². The molecule has 58 heavy (non-hydrogen) atoms. The van der Waals surface area contributed by atoms with Crippen LogP contribution in [0.2, 0.25) is 0 Å². The van der Waals surface area contributed by atoms with Crippen molar-refractivity contribution in [1.29, 1.82) is 10.8 Å². The predicted molar refractivity (Wildman–Crippen MR) is 219 cm³/mol. The van der Waals surface area contributed by atoms with Crippen molar-refractivity contribution in [3.63, 3.8) is 0 Å². The van der Waals surface area contributed by atoms with Crippen LogP contribution in [0, 0.1) is 10.8 Å². The summed E-state index contributed by atoms with van der Waals surface area (Å²) in [5.74, 6) is -2.21. The molecule has 3 aliphatic rings. The number of β-lactam (4-membered cyclic amide) rings is 1. The van der Waals surface area contributed by atoms with Crippen molar-refractivity contribution in [2.75, 3.05) is 37.0 Å². The third kappa shape index (κ3) is 9.44. The number of nitrogens with two attached hydrogens (primary N) is 2. The number of fused-ring (bicyclic) bond motifs is 1. The number of nitrogens with zero attached hydrogens (tertiary/aromatic N) is 5. The number of piperidine rings is 1. The van der Waals surface area contributed by atoms with Crippen LogP contribution >= 0.6 is 23.1 Å². The number of anilines is 2. The Morgan fingerprint density at radius 2 is 2.03 bits per heavy atom. The van der Waals surface area contributed by atoms with Crippen molar-refractivity contribution in [3.05, 3.63) is 81.8 Å². The number of nitrogens with one attached hydrogen (secondary N) is 5. The van der Waals surface area contributed by atoms with E-state index in [1.165, 1.54) is 49.2 Å². The molecule has 2 saturated heterocycles. The smallest absolute Gasteiger partial charge is 0.350 e. The molecule has 3 aromatic rings. The second-order valence-electron chi connectivity index (χ2n) is 14.0. The molecule has 2 aromatic heterocycles. The van der Waals surface area contributed by atoms with Gasteiger partial charge in [0.2, 0.25) is 5.60 Å². The van der Waals surface area contributed by atoms with E-state index in [4.69, 9.17) is 36.9 Å². The van der Waals surface area contributed by atoms with Crippen LogP contribution in [0.25, 0.3) is 0 Å². The van der Waals surface area contributed by atoms with Gasteiger partial charge in [-0.05, 0) is 38.8 Å². The van der Waals surface area contributed by atoms with Crippen LogP contribution < -0.4 is 32.0 Å². The highest BCUT2D eigenvalue weighted by Gasteiger charge is 2.54. The molecule has 3 aliphatic heterocycles. The zero-order chi connectivity index (χ0) is 41.6. The van der Waals surface area contributed by atoms with Gasteiger partial charge in [0.05, 0.1) is 24.4 Å². The van der Waals surface area contributed by atoms with Gasteiger partial charge >= 0.3 is 5.97 Å². The number of aromatic nitrogens is 2. The fraction of sp³-hybridized carbons (Fsp3) is 0.378. The van der Waals surface area contributed by atoms with Crippen LogP contribution in [0.1, 0.15) is 49.1 Å². The lowest BCUT2D eigenvalue weighted by atomic mass is 10.0. The summed E-state index contributed by atoms with van der Waals surface area (Å²) < 4.78 is 1.84. The van der Waals surface area contributed by atoms with Gasteiger partial charge in [-0.15, -0.1) is 23.1 Å². The molecule has 3 atom stereocenters. The van der Waals surface area contributed by atoms with E-state index >= 15 is 0 Å². The van der Waals surface area contributed by atoms with Gasteiger partial charge in [-0.1, -0.05) is 29.4 Å². The number of thiazole rings is 1. The van der Waals surface area contributed by atoms with E-state index in [0.717, 1.165) is 54.1 Å². The third-order valence-corrected chi connectivity index (χ3v) is 11.5. The van der Waals surface area contributed by atoms with Gasteiger partial charge in [0, 0.05) is 47.6 Å². The fourth-order valence-corrected chi connectivity index (χ4v) is 8.19. The zero-order valence-electron chi connectivity index (χ0n) is 32.0. The molecule has 6 rings (SSSR count). The zero-order valence-corrected chi connectivity index (χ0v) is 33.6. The number of rotatable bonds is 16. The first-order valence-corrected chi connectivity index (χ1v) is 20.1. The van der Waals surface area contributed by atoms with Crippen LogP contribution in [-0.2, 0) is 42.1 Å². The topological polar surface area (TPSA) is 280 Å². The number of aliphatic imine (C=N–C) groups is 1. The lowest BCUT2D eigenvalue weighted by Gasteiger charge is -2.49. The lowest BCUT2D eigenvalue weighted by Crippen LogP contribution is -2.71. The number of hydrogen-bond donors (Lipinski definition) is 8. The minimum Gasteiger partial charge on any atom is -0.478 e. The molecule has 2 amide bonds. The summed E-state index contributed by atoms with van der Waals surface area (Å²) in [7, 11) is 1.25. The number of carboxylic acids is 1. The Morgan fingerprint density at radius 3 is 2.69 bits per heavy atom. The SMILES string of the molecule is COOC(=N)C1=C(C[n+]2ccc(NCc3ccc(C(N)=N[C@@H]4CCCNC4)cc3)c(C=N)c2)CS[C@@H]2[C@H](NC(=O)/C(=N\OC(C)(C)C(=O)O)c3csc(N)n3)C(=O)N12. The average Bonchev–Trinajstić information content (AvgIpc) is 3.65. The van der Waals surface area contributed by atoms with Crippen molar-refractivity contribution in [2.45, 2.75) is 62.8 Å². The van der Waals surface area contributed by atoms with Gasteiger partial charge in [-0.25, -0.2) is 14.3 Å². The number of oxime groups is 1. The van der Waals surface area contributed by atoms with Gasteiger partial charge in [-0.3, -0.25) is 24.9 Å². The summed E-state index contributed by atoms with van der Waals surface area (Å²) in [5, 5.41) is 40.4. The molecule has 0 spiro atoms. The minimum absolute atomic E-state index is 0.0370. The van der Waals surface area contributed by atoms with Crippen LogP contribution in [-0.4, -0.2) is 105 Å². The van der Waals surface area contributed by atoms with Gasteiger partial charge in [0.1, 0.15) is 28.6 Å². The molecule has 306 valence electrons. The van der Waals surface area contributed by atoms with Crippen LogP contribution in [0.3, 0.4) is 0 Å². The monoisotopic (exact) mass is 833 g/mol. The van der Waals surface area contributed by atoms with Crippen LogP contribution in [0.15, 0.2) is 69.5 Å². The number of benzene rings is 1. The van der Waals surface area contributed by atoms with Gasteiger partial charge in [0.15, 0.2) is 29.8 Å². The van der Waals surface area contributed by atoms with Crippen LogP contribution in [0.4, 0.5) is 10.8 Å². The molecule has 1 aromatic carbocycles. The van der Waals surface area contributed by atoms with Crippen molar-refractivity contribution < 1.29 is 38.7 Å². The number of carboxylic acid groups (broad SMARTS) is 1. The average molecular weight is 834 g/mol. The summed E-state index contributed by atoms with van der Waals surface area (Å²) in [6.45, 7) is 5.11. The maximum absolute atomic E-state index is 13.7. The van der Waals surface area contributed by atoms with E-state index in [1.54, 1.807) is 6.20 Å². The summed E-state index contributed by atoms with van der Waals surface area (Å²) in [4.78, 5) is 64.1. The molecule has 21 heteroatoms. The summed E-state index contributed by atoms with van der Waals surface area (Å²) in [6.07, 6.45) is 6.97. The van der Waals surface area contributed by atoms with E-state index in [1.807, 2.05) is 41.1 Å². The maximum Gasteiger partial charge on any atom is 0.350 e. The molecule has 0 unspecified atom stereocenters. The highest BCUT2D eigenvalue weighted by Crippen LogP contribution is 2.41. The predicted octanol–water partition coefficient (Wildman–Crippen LogP) is 1.57. The van der Waals surface area contributed by atoms with Gasteiger partial charge in [0.25, 0.3) is 17.7 Å². The fourth-order valence-electron chi connectivity index (χ4n) is 6.31. The molecule has 19 nitrogen and oxygen atoms in total. The molecule has 0 bridgehead atoms. The third-order valence-electron chi connectivity index (χ3n) is 9.48. The van der Waals surface area contributed by atoms with Gasteiger partial charge in [-0.2, -0.15) is 4.89 Å². The van der Waals surface area contributed by atoms with E-state index in [-0.39, 0.29) is 34.8 Å². The van der Waals surface area contributed by atoms with Crippen molar-refractivity contribution in [3.8, 4) is 0 Å². The van der Waals surface area contributed by atoms with E-state index in [0.29, 0.717) is 29.3 Å². The molecular formula is C37H45N12O7S2+. The Morgan fingerprint density at radius 1 is 1.26 bits per heavy atom. The van der Waals surface area contributed by atoms with Crippen molar-refractivity contribution >= 4 is 75.4 Å². The first-order valence-electron chi connectivity index (χ1n) is 18.2. The number of pyridine rings is 1. The Balaban J connectivity index is 1.14. The molecular weight excluding hydrogens is 789 g/mol.